The average Bonchev–Trinajstić information content (AvgIpc) is 2.69. The minimum absolute atomic E-state index is 0.0504. The molecule has 1 amide bonds. The fourth-order valence-corrected chi connectivity index (χ4v) is 5.66. The predicted molar refractivity (Wildman–Crippen MR) is 122 cm³/mol. The summed E-state index contributed by atoms with van der Waals surface area (Å²) in [5, 5.41) is 0. The number of ether oxygens (including phenoxy) is 2. The Hall–Kier alpha value is -1.48. The van der Waals surface area contributed by atoms with Crippen LogP contribution in [0.1, 0.15) is 51.3 Å². The predicted octanol–water partition coefficient (Wildman–Crippen LogP) is 2.88. The zero-order valence-electron chi connectivity index (χ0n) is 20.0. The molecule has 2 rings (SSSR count). The third-order valence-corrected chi connectivity index (χ3v) is 7.83. The van der Waals surface area contributed by atoms with Crippen LogP contribution in [0.15, 0.2) is 17.0 Å². The fraction of sp³-hybridized carbons (Fsp3) is 0.696. The molecule has 0 spiro atoms. The maximum atomic E-state index is 13.4. The summed E-state index contributed by atoms with van der Waals surface area (Å²) in [6, 6.07) is 3.95. The highest BCUT2D eigenvalue weighted by Gasteiger charge is 2.33. The van der Waals surface area contributed by atoms with E-state index in [0.717, 1.165) is 16.7 Å². The lowest BCUT2D eigenvalue weighted by molar-refractivity contribution is -0.144. The number of aryl methyl sites for hydroxylation is 2. The van der Waals surface area contributed by atoms with Crippen molar-refractivity contribution in [1.29, 1.82) is 0 Å². The van der Waals surface area contributed by atoms with Gasteiger partial charge in [-0.05, 0) is 49.8 Å². The molecule has 1 saturated heterocycles. The van der Waals surface area contributed by atoms with E-state index in [9.17, 15) is 13.2 Å². The molecule has 0 radical (unpaired) electrons. The number of benzene rings is 1. The SMILES string of the molecule is CCOCCOC(C)C(=O)N1CCN(S(=O)(=O)c2c(C)cc(C(C)(C)C)cc2C)CC1. The van der Waals surface area contributed by atoms with E-state index in [2.05, 4.69) is 20.8 Å². The van der Waals surface area contributed by atoms with Gasteiger partial charge in [0.2, 0.25) is 10.0 Å². The van der Waals surface area contributed by atoms with Gasteiger partial charge in [0.1, 0.15) is 6.10 Å². The molecule has 1 aromatic carbocycles. The second kappa shape index (κ2) is 10.4. The molecule has 1 heterocycles. The lowest BCUT2D eigenvalue weighted by Gasteiger charge is -2.35. The topological polar surface area (TPSA) is 76.2 Å². The Morgan fingerprint density at radius 3 is 2.10 bits per heavy atom. The van der Waals surface area contributed by atoms with Crippen LogP contribution in [0.2, 0.25) is 0 Å². The van der Waals surface area contributed by atoms with Crippen molar-refractivity contribution in [2.24, 2.45) is 0 Å². The van der Waals surface area contributed by atoms with Crippen molar-refractivity contribution in [2.75, 3.05) is 46.0 Å². The van der Waals surface area contributed by atoms with E-state index in [1.165, 1.54) is 4.31 Å². The van der Waals surface area contributed by atoms with E-state index in [4.69, 9.17) is 9.47 Å². The maximum Gasteiger partial charge on any atom is 0.251 e. The molecule has 1 unspecified atom stereocenters. The molecule has 0 N–H and O–H groups in total. The first-order valence-corrected chi connectivity index (χ1v) is 12.4. The second-order valence-corrected chi connectivity index (χ2v) is 11.0. The Morgan fingerprint density at radius 2 is 1.61 bits per heavy atom. The van der Waals surface area contributed by atoms with Gasteiger partial charge in [0.05, 0.1) is 18.1 Å². The van der Waals surface area contributed by atoms with E-state index in [1.807, 2.05) is 32.9 Å². The fourth-order valence-electron chi connectivity index (χ4n) is 3.82. The molecule has 1 aromatic rings. The summed E-state index contributed by atoms with van der Waals surface area (Å²) < 4.78 is 39.0. The molecule has 31 heavy (non-hydrogen) atoms. The molecular weight excluding hydrogens is 416 g/mol. The minimum Gasteiger partial charge on any atom is -0.379 e. The van der Waals surface area contributed by atoms with Crippen molar-refractivity contribution in [1.82, 2.24) is 9.21 Å². The number of piperazine rings is 1. The highest BCUT2D eigenvalue weighted by atomic mass is 32.2. The molecule has 1 aliphatic rings. The van der Waals surface area contributed by atoms with E-state index >= 15 is 0 Å². The van der Waals surface area contributed by atoms with Crippen molar-refractivity contribution in [3.8, 4) is 0 Å². The largest absolute Gasteiger partial charge is 0.379 e. The summed E-state index contributed by atoms with van der Waals surface area (Å²) in [6.07, 6.45) is -0.571. The number of nitrogens with zero attached hydrogens (tertiary/aromatic N) is 2. The Labute approximate surface area is 187 Å². The summed E-state index contributed by atoms with van der Waals surface area (Å²) in [5.74, 6) is -0.115. The number of rotatable bonds is 8. The van der Waals surface area contributed by atoms with Gasteiger partial charge in [0, 0.05) is 32.8 Å². The van der Waals surface area contributed by atoms with E-state index in [0.29, 0.717) is 37.8 Å². The van der Waals surface area contributed by atoms with Crippen molar-refractivity contribution < 1.29 is 22.7 Å². The van der Waals surface area contributed by atoms with Gasteiger partial charge in [-0.1, -0.05) is 32.9 Å². The van der Waals surface area contributed by atoms with Gasteiger partial charge in [0.25, 0.3) is 5.91 Å². The van der Waals surface area contributed by atoms with Crippen LogP contribution in [0.3, 0.4) is 0 Å². The van der Waals surface area contributed by atoms with Gasteiger partial charge in [-0.15, -0.1) is 0 Å². The summed E-state index contributed by atoms with van der Waals surface area (Å²) in [6.45, 7) is 16.4. The van der Waals surface area contributed by atoms with Crippen LogP contribution in [-0.4, -0.2) is 75.6 Å². The van der Waals surface area contributed by atoms with Crippen LogP contribution in [0.4, 0.5) is 0 Å². The van der Waals surface area contributed by atoms with Gasteiger partial charge in [-0.25, -0.2) is 8.42 Å². The first-order chi connectivity index (χ1) is 14.4. The zero-order chi connectivity index (χ0) is 23.4. The van der Waals surface area contributed by atoms with Crippen LogP contribution in [0, 0.1) is 13.8 Å². The third-order valence-electron chi connectivity index (χ3n) is 5.62. The van der Waals surface area contributed by atoms with E-state index < -0.39 is 16.1 Å². The normalized spacial score (nSPS) is 17.1. The average molecular weight is 455 g/mol. The molecule has 8 heteroatoms. The number of sulfonamides is 1. The summed E-state index contributed by atoms with van der Waals surface area (Å²) in [7, 11) is -3.63. The smallest absolute Gasteiger partial charge is 0.251 e. The highest BCUT2D eigenvalue weighted by molar-refractivity contribution is 7.89. The molecule has 176 valence electrons. The van der Waals surface area contributed by atoms with E-state index in [-0.39, 0.29) is 24.4 Å². The number of hydrogen-bond donors (Lipinski definition) is 0. The summed E-state index contributed by atoms with van der Waals surface area (Å²) in [5.41, 5.74) is 2.60. The minimum atomic E-state index is -3.63. The van der Waals surface area contributed by atoms with Crippen LogP contribution in [0.5, 0.6) is 0 Å². The Morgan fingerprint density at radius 1 is 1.06 bits per heavy atom. The molecule has 0 aliphatic carbocycles. The molecule has 1 aliphatic heterocycles. The molecule has 0 aromatic heterocycles. The van der Waals surface area contributed by atoms with Crippen LogP contribution in [0.25, 0.3) is 0 Å². The second-order valence-electron chi connectivity index (χ2n) is 9.13. The molecule has 1 fully saturated rings. The third kappa shape index (κ3) is 6.28. The first kappa shape index (κ1) is 25.8. The number of amides is 1. The number of carbonyl (C=O) groups is 1. The molecule has 0 saturated carbocycles. The van der Waals surface area contributed by atoms with Crippen LogP contribution >= 0.6 is 0 Å². The standard InChI is InChI=1S/C23H38N2O5S/c1-8-29-13-14-30-19(4)22(26)24-9-11-25(12-10-24)31(27,28)21-17(2)15-20(16-18(21)3)23(5,6)7/h15-16,19H,8-14H2,1-7H3. The maximum absolute atomic E-state index is 13.4. The van der Waals surface area contributed by atoms with Gasteiger partial charge in [-0.3, -0.25) is 4.79 Å². The lowest BCUT2D eigenvalue weighted by Crippen LogP contribution is -2.53. The lowest BCUT2D eigenvalue weighted by atomic mass is 9.85. The monoisotopic (exact) mass is 454 g/mol. The van der Waals surface area contributed by atoms with Crippen molar-refractivity contribution in [3.63, 3.8) is 0 Å². The quantitative estimate of drug-likeness (QED) is 0.565. The van der Waals surface area contributed by atoms with Crippen LogP contribution < -0.4 is 0 Å². The number of carbonyl (C=O) groups excluding carboxylic acids is 1. The van der Waals surface area contributed by atoms with Crippen molar-refractivity contribution in [3.05, 3.63) is 28.8 Å². The highest BCUT2D eigenvalue weighted by Crippen LogP contribution is 2.31. The van der Waals surface area contributed by atoms with Gasteiger partial charge in [0.15, 0.2) is 0 Å². The van der Waals surface area contributed by atoms with E-state index in [1.54, 1.807) is 11.8 Å². The molecule has 7 nitrogen and oxygen atoms in total. The van der Waals surface area contributed by atoms with Gasteiger partial charge < -0.3 is 14.4 Å². The Bertz CT molecular complexity index is 845. The Balaban J connectivity index is 2.06. The van der Waals surface area contributed by atoms with Crippen LogP contribution in [-0.2, 0) is 29.7 Å². The van der Waals surface area contributed by atoms with Crippen molar-refractivity contribution >= 4 is 15.9 Å². The molecule has 1 atom stereocenters. The van der Waals surface area contributed by atoms with Gasteiger partial charge in [-0.2, -0.15) is 4.31 Å². The Kier molecular flexibility index (Phi) is 8.67. The summed E-state index contributed by atoms with van der Waals surface area (Å²) in [4.78, 5) is 14.7. The van der Waals surface area contributed by atoms with Crippen molar-refractivity contribution in [2.45, 2.75) is 64.9 Å². The first-order valence-electron chi connectivity index (χ1n) is 11.0. The molecule has 0 bridgehead atoms. The zero-order valence-corrected chi connectivity index (χ0v) is 20.8. The van der Waals surface area contributed by atoms with Gasteiger partial charge >= 0.3 is 0 Å². The number of hydrogen-bond acceptors (Lipinski definition) is 5. The molecular formula is C23H38N2O5S. The summed E-state index contributed by atoms with van der Waals surface area (Å²) >= 11 is 0.